The first-order valence-corrected chi connectivity index (χ1v) is 6.74. The molecule has 2 heteroatoms. The predicted octanol–water partition coefficient (Wildman–Crippen LogP) is 2.87. The second-order valence-corrected chi connectivity index (χ2v) is 6.67. The molecule has 16 heavy (non-hydrogen) atoms. The lowest BCUT2D eigenvalue weighted by molar-refractivity contribution is -0.117. The summed E-state index contributed by atoms with van der Waals surface area (Å²) in [7, 11) is 0. The van der Waals surface area contributed by atoms with Crippen molar-refractivity contribution in [3.63, 3.8) is 0 Å². The van der Waals surface area contributed by atoms with Gasteiger partial charge in [0.1, 0.15) is 6.29 Å². The molecule has 0 aromatic rings. The van der Waals surface area contributed by atoms with Gasteiger partial charge in [0.05, 0.1) is 0 Å². The molecular weight excluding hydrogens is 198 g/mol. The Morgan fingerprint density at radius 1 is 1.12 bits per heavy atom. The summed E-state index contributed by atoms with van der Waals surface area (Å²) in [5.41, 5.74) is 0.453. The van der Waals surface area contributed by atoms with E-state index >= 15 is 0 Å². The van der Waals surface area contributed by atoms with Gasteiger partial charge in [-0.1, -0.05) is 26.7 Å². The van der Waals surface area contributed by atoms with Crippen LogP contribution in [0, 0.1) is 10.8 Å². The first-order valence-electron chi connectivity index (χ1n) is 6.74. The van der Waals surface area contributed by atoms with Gasteiger partial charge in [0.15, 0.2) is 0 Å². The number of hydrogen-bond acceptors (Lipinski definition) is 2. The summed E-state index contributed by atoms with van der Waals surface area (Å²) in [6, 6.07) is 0. The zero-order chi connectivity index (χ0) is 11.6. The highest BCUT2D eigenvalue weighted by Gasteiger charge is 2.37. The Morgan fingerprint density at radius 2 is 1.81 bits per heavy atom. The smallest absolute Gasteiger partial charge is 0.127 e. The van der Waals surface area contributed by atoms with Crippen molar-refractivity contribution in [3.05, 3.63) is 0 Å². The number of piperidine rings is 1. The summed E-state index contributed by atoms with van der Waals surface area (Å²) < 4.78 is 0. The van der Waals surface area contributed by atoms with Gasteiger partial charge in [0.2, 0.25) is 0 Å². The Morgan fingerprint density at radius 3 is 2.38 bits per heavy atom. The van der Waals surface area contributed by atoms with Crippen molar-refractivity contribution in [1.29, 1.82) is 0 Å². The molecular formula is C14H25NO. The quantitative estimate of drug-likeness (QED) is 0.686. The van der Waals surface area contributed by atoms with Crippen LogP contribution < -0.4 is 0 Å². The van der Waals surface area contributed by atoms with Crippen LogP contribution in [-0.2, 0) is 4.79 Å². The monoisotopic (exact) mass is 223 g/mol. The number of aldehydes is 1. The highest BCUT2D eigenvalue weighted by molar-refractivity contribution is 5.60. The first kappa shape index (κ1) is 12.1. The Kier molecular flexibility index (Phi) is 3.39. The largest absolute Gasteiger partial charge is 0.303 e. The Hall–Kier alpha value is -0.370. The maximum Gasteiger partial charge on any atom is 0.127 e. The lowest BCUT2D eigenvalue weighted by Gasteiger charge is -2.41. The van der Waals surface area contributed by atoms with Gasteiger partial charge in [-0.25, -0.2) is 0 Å². The van der Waals surface area contributed by atoms with Crippen molar-refractivity contribution in [2.45, 2.75) is 52.4 Å². The molecule has 1 saturated heterocycles. The highest BCUT2D eigenvalue weighted by Crippen LogP contribution is 2.38. The Bertz CT molecular complexity index is 253. The van der Waals surface area contributed by atoms with E-state index in [1.807, 2.05) is 0 Å². The number of carbonyl (C=O) groups is 1. The highest BCUT2D eigenvalue weighted by atomic mass is 16.1. The van der Waals surface area contributed by atoms with Crippen molar-refractivity contribution in [1.82, 2.24) is 4.90 Å². The van der Waals surface area contributed by atoms with Gasteiger partial charge in [-0.3, -0.25) is 0 Å². The van der Waals surface area contributed by atoms with Crippen LogP contribution in [0.3, 0.4) is 0 Å². The minimum absolute atomic E-state index is 0.00736. The SMILES string of the molecule is CC1(C)CCCN(CC2(C=O)CCCC2)C1. The van der Waals surface area contributed by atoms with Crippen LogP contribution in [0.15, 0.2) is 0 Å². The molecule has 92 valence electrons. The summed E-state index contributed by atoms with van der Waals surface area (Å²) in [5, 5.41) is 0. The molecule has 0 N–H and O–H groups in total. The number of nitrogens with zero attached hydrogens (tertiary/aromatic N) is 1. The van der Waals surface area contributed by atoms with Crippen LogP contribution in [0.2, 0.25) is 0 Å². The van der Waals surface area contributed by atoms with Crippen molar-refractivity contribution >= 4 is 6.29 Å². The van der Waals surface area contributed by atoms with Gasteiger partial charge >= 0.3 is 0 Å². The average Bonchev–Trinajstić information content (AvgIpc) is 2.65. The molecule has 2 nitrogen and oxygen atoms in total. The van der Waals surface area contributed by atoms with Crippen LogP contribution >= 0.6 is 0 Å². The van der Waals surface area contributed by atoms with Gasteiger partial charge in [-0.05, 0) is 37.6 Å². The molecule has 0 aromatic heterocycles. The molecule has 0 unspecified atom stereocenters. The fraction of sp³-hybridized carbons (Fsp3) is 0.929. The number of likely N-dealkylation sites (tertiary alicyclic amines) is 1. The molecule has 0 bridgehead atoms. The molecule has 0 radical (unpaired) electrons. The Labute approximate surface area is 99.4 Å². The van der Waals surface area contributed by atoms with Crippen LogP contribution in [0.4, 0.5) is 0 Å². The third-order valence-electron chi connectivity index (χ3n) is 4.37. The Balaban J connectivity index is 1.95. The second-order valence-electron chi connectivity index (χ2n) is 6.67. The normalized spacial score (nSPS) is 29.1. The van der Waals surface area contributed by atoms with E-state index in [1.165, 1.54) is 45.1 Å². The van der Waals surface area contributed by atoms with Crippen molar-refractivity contribution in [2.75, 3.05) is 19.6 Å². The van der Waals surface area contributed by atoms with Gasteiger partial charge in [0.25, 0.3) is 0 Å². The van der Waals surface area contributed by atoms with Crippen LogP contribution in [0.1, 0.15) is 52.4 Å². The van der Waals surface area contributed by atoms with E-state index < -0.39 is 0 Å². The third-order valence-corrected chi connectivity index (χ3v) is 4.37. The fourth-order valence-electron chi connectivity index (χ4n) is 3.52. The van der Waals surface area contributed by atoms with Crippen molar-refractivity contribution in [2.24, 2.45) is 10.8 Å². The molecule has 1 saturated carbocycles. The minimum Gasteiger partial charge on any atom is -0.303 e. The summed E-state index contributed by atoms with van der Waals surface area (Å²) in [6.45, 7) is 8.07. The maximum atomic E-state index is 11.3. The summed E-state index contributed by atoms with van der Waals surface area (Å²) in [4.78, 5) is 13.9. The van der Waals surface area contributed by atoms with Crippen molar-refractivity contribution < 1.29 is 4.79 Å². The summed E-state index contributed by atoms with van der Waals surface area (Å²) in [5.74, 6) is 0. The third kappa shape index (κ3) is 2.65. The van der Waals surface area contributed by atoms with E-state index in [0.29, 0.717) is 5.41 Å². The van der Waals surface area contributed by atoms with Gasteiger partial charge in [0, 0.05) is 18.5 Å². The van der Waals surface area contributed by atoms with E-state index in [1.54, 1.807) is 0 Å². The van der Waals surface area contributed by atoms with Gasteiger partial charge in [-0.15, -0.1) is 0 Å². The molecule has 2 rings (SSSR count). The molecule has 1 aliphatic carbocycles. The zero-order valence-electron chi connectivity index (χ0n) is 10.8. The lowest BCUT2D eigenvalue weighted by Crippen LogP contribution is -2.45. The van der Waals surface area contributed by atoms with Crippen LogP contribution in [0.5, 0.6) is 0 Å². The molecule has 0 amide bonds. The molecule has 1 heterocycles. The maximum absolute atomic E-state index is 11.3. The van der Waals surface area contributed by atoms with Crippen LogP contribution in [-0.4, -0.2) is 30.8 Å². The van der Waals surface area contributed by atoms with E-state index in [9.17, 15) is 4.79 Å². The van der Waals surface area contributed by atoms with Gasteiger partial charge in [-0.2, -0.15) is 0 Å². The van der Waals surface area contributed by atoms with E-state index in [0.717, 1.165) is 19.4 Å². The topological polar surface area (TPSA) is 20.3 Å². The van der Waals surface area contributed by atoms with Gasteiger partial charge < -0.3 is 9.69 Å². The average molecular weight is 223 g/mol. The van der Waals surface area contributed by atoms with Crippen LogP contribution in [0.25, 0.3) is 0 Å². The first-order chi connectivity index (χ1) is 7.55. The molecule has 0 spiro atoms. The number of rotatable bonds is 3. The number of hydrogen-bond donors (Lipinski definition) is 0. The fourth-order valence-corrected chi connectivity index (χ4v) is 3.52. The van der Waals surface area contributed by atoms with Crippen molar-refractivity contribution in [3.8, 4) is 0 Å². The summed E-state index contributed by atoms with van der Waals surface area (Å²) >= 11 is 0. The van der Waals surface area contributed by atoms with E-state index in [4.69, 9.17) is 0 Å². The zero-order valence-corrected chi connectivity index (χ0v) is 10.8. The molecule has 0 aromatic carbocycles. The van der Waals surface area contributed by atoms with E-state index in [-0.39, 0.29) is 5.41 Å². The molecule has 2 aliphatic rings. The standard InChI is InChI=1S/C14H25NO/c1-13(2)6-5-9-15(10-13)11-14(12-16)7-3-4-8-14/h12H,3-11H2,1-2H3. The molecule has 0 atom stereocenters. The predicted molar refractivity (Wildman–Crippen MR) is 66.4 cm³/mol. The molecule has 1 aliphatic heterocycles. The number of carbonyl (C=O) groups excluding carboxylic acids is 1. The van der Waals surface area contributed by atoms with E-state index in [2.05, 4.69) is 18.7 Å². The summed E-state index contributed by atoms with van der Waals surface area (Å²) in [6.07, 6.45) is 8.61. The molecule has 2 fully saturated rings. The minimum atomic E-state index is 0.00736. The second kappa shape index (κ2) is 4.48. The lowest BCUT2D eigenvalue weighted by atomic mass is 9.81.